The molecular weight excluding hydrogens is 236 g/mol. The normalized spacial score (nSPS) is 17.8. The molecule has 19 heavy (non-hydrogen) atoms. The third-order valence-corrected chi connectivity index (χ3v) is 3.85. The Labute approximate surface area is 117 Å². The first-order valence-electron chi connectivity index (χ1n) is 7.77. The van der Waals surface area contributed by atoms with Crippen molar-refractivity contribution in [3.8, 4) is 0 Å². The average Bonchev–Trinajstić information content (AvgIpc) is 3.05. The Hall–Kier alpha value is -1.03. The molecule has 0 radical (unpaired) electrons. The number of hydrogen-bond acceptors (Lipinski definition) is 3. The number of nitrogens with zero attached hydrogens (tertiary/aromatic N) is 3. The molecule has 1 fully saturated rings. The molecule has 4 nitrogen and oxygen atoms in total. The number of rotatable bonds is 8. The summed E-state index contributed by atoms with van der Waals surface area (Å²) in [6.07, 6.45) is 9.16. The second-order valence-electron chi connectivity index (χ2n) is 5.79. The van der Waals surface area contributed by atoms with E-state index in [9.17, 15) is 0 Å². The molecule has 0 aliphatic carbocycles. The van der Waals surface area contributed by atoms with Crippen molar-refractivity contribution in [1.82, 2.24) is 14.5 Å². The standard InChI is InChI=1S/C15H28N4/c1-3-4-10-19-11-7-16-15(19)17-12-14(2)13-18-8-5-6-9-18/h7,11,14H,3-6,8-10,12-13H2,1-2H3,(H,16,17). The topological polar surface area (TPSA) is 33.1 Å². The lowest BCUT2D eigenvalue weighted by Crippen LogP contribution is -2.29. The highest BCUT2D eigenvalue weighted by atomic mass is 15.2. The van der Waals surface area contributed by atoms with Crippen LogP contribution < -0.4 is 5.32 Å². The summed E-state index contributed by atoms with van der Waals surface area (Å²) in [4.78, 5) is 6.99. The van der Waals surface area contributed by atoms with Gasteiger partial charge in [0.1, 0.15) is 0 Å². The fourth-order valence-electron chi connectivity index (χ4n) is 2.72. The van der Waals surface area contributed by atoms with E-state index >= 15 is 0 Å². The summed E-state index contributed by atoms with van der Waals surface area (Å²) in [5.41, 5.74) is 0. The zero-order chi connectivity index (χ0) is 13.5. The molecule has 0 bridgehead atoms. The molecular formula is C15H28N4. The number of imidazole rings is 1. The van der Waals surface area contributed by atoms with Crippen LogP contribution in [0.3, 0.4) is 0 Å². The molecule has 108 valence electrons. The molecule has 0 spiro atoms. The van der Waals surface area contributed by atoms with Crippen LogP contribution in [-0.4, -0.2) is 40.6 Å². The van der Waals surface area contributed by atoms with Gasteiger partial charge in [0.2, 0.25) is 5.95 Å². The Kier molecular flexibility index (Phi) is 5.70. The van der Waals surface area contributed by atoms with Crippen LogP contribution in [0.15, 0.2) is 12.4 Å². The van der Waals surface area contributed by atoms with Crippen molar-refractivity contribution >= 4 is 5.95 Å². The molecule has 0 saturated carbocycles. The molecule has 1 aromatic rings. The highest BCUT2D eigenvalue weighted by molar-refractivity contribution is 5.25. The first-order chi connectivity index (χ1) is 9.29. The van der Waals surface area contributed by atoms with Crippen LogP contribution >= 0.6 is 0 Å². The fraction of sp³-hybridized carbons (Fsp3) is 0.800. The van der Waals surface area contributed by atoms with Crippen molar-refractivity contribution < 1.29 is 0 Å². The minimum atomic E-state index is 0.675. The predicted octanol–water partition coefficient (Wildman–Crippen LogP) is 2.83. The van der Waals surface area contributed by atoms with Crippen LogP contribution in [0.25, 0.3) is 0 Å². The monoisotopic (exact) mass is 264 g/mol. The van der Waals surface area contributed by atoms with Gasteiger partial charge in [-0.15, -0.1) is 0 Å². The molecule has 1 aromatic heterocycles. The lowest BCUT2D eigenvalue weighted by molar-refractivity contribution is 0.294. The fourth-order valence-corrected chi connectivity index (χ4v) is 2.72. The van der Waals surface area contributed by atoms with Crippen LogP contribution in [-0.2, 0) is 6.54 Å². The quantitative estimate of drug-likeness (QED) is 0.784. The molecule has 1 N–H and O–H groups in total. The van der Waals surface area contributed by atoms with Gasteiger partial charge in [-0.1, -0.05) is 20.3 Å². The lowest BCUT2D eigenvalue weighted by Gasteiger charge is -2.20. The predicted molar refractivity (Wildman–Crippen MR) is 80.5 cm³/mol. The highest BCUT2D eigenvalue weighted by Gasteiger charge is 2.14. The van der Waals surface area contributed by atoms with Crippen molar-refractivity contribution in [2.75, 3.05) is 31.5 Å². The van der Waals surface area contributed by atoms with Gasteiger partial charge in [-0.3, -0.25) is 0 Å². The second kappa shape index (κ2) is 7.53. The summed E-state index contributed by atoms with van der Waals surface area (Å²) >= 11 is 0. The number of anilines is 1. The van der Waals surface area contributed by atoms with E-state index in [2.05, 4.69) is 39.8 Å². The number of likely N-dealkylation sites (tertiary alicyclic amines) is 1. The summed E-state index contributed by atoms with van der Waals surface area (Å²) in [5, 5.41) is 3.50. The summed E-state index contributed by atoms with van der Waals surface area (Å²) in [7, 11) is 0. The van der Waals surface area contributed by atoms with E-state index in [0.29, 0.717) is 5.92 Å². The maximum absolute atomic E-state index is 4.41. The molecule has 1 atom stereocenters. The van der Waals surface area contributed by atoms with E-state index in [4.69, 9.17) is 0 Å². The third kappa shape index (κ3) is 4.53. The Morgan fingerprint density at radius 1 is 1.37 bits per heavy atom. The molecule has 0 aromatic carbocycles. The van der Waals surface area contributed by atoms with Gasteiger partial charge < -0.3 is 14.8 Å². The minimum Gasteiger partial charge on any atom is -0.355 e. The third-order valence-electron chi connectivity index (χ3n) is 3.85. The zero-order valence-corrected chi connectivity index (χ0v) is 12.4. The Bertz CT molecular complexity index is 355. The van der Waals surface area contributed by atoms with Gasteiger partial charge >= 0.3 is 0 Å². The lowest BCUT2D eigenvalue weighted by atomic mass is 10.1. The van der Waals surface area contributed by atoms with Gasteiger partial charge in [-0.05, 0) is 38.3 Å². The van der Waals surface area contributed by atoms with Crippen molar-refractivity contribution in [2.45, 2.75) is 46.1 Å². The Morgan fingerprint density at radius 2 is 2.16 bits per heavy atom. The minimum absolute atomic E-state index is 0.675. The van der Waals surface area contributed by atoms with Crippen LogP contribution in [0.4, 0.5) is 5.95 Å². The van der Waals surface area contributed by atoms with Crippen LogP contribution in [0.2, 0.25) is 0 Å². The molecule has 4 heteroatoms. The number of aryl methyl sites for hydroxylation is 1. The van der Waals surface area contributed by atoms with Gasteiger partial charge in [0, 0.05) is 32.0 Å². The van der Waals surface area contributed by atoms with E-state index < -0.39 is 0 Å². The smallest absolute Gasteiger partial charge is 0.202 e. The van der Waals surface area contributed by atoms with Crippen molar-refractivity contribution in [1.29, 1.82) is 0 Å². The van der Waals surface area contributed by atoms with Crippen molar-refractivity contribution in [3.63, 3.8) is 0 Å². The van der Waals surface area contributed by atoms with Crippen LogP contribution in [0.5, 0.6) is 0 Å². The molecule has 1 saturated heterocycles. The van der Waals surface area contributed by atoms with E-state index in [0.717, 1.165) is 19.0 Å². The van der Waals surface area contributed by atoms with Gasteiger partial charge in [-0.25, -0.2) is 4.98 Å². The molecule has 2 heterocycles. The maximum Gasteiger partial charge on any atom is 0.202 e. The molecule has 1 unspecified atom stereocenters. The van der Waals surface area contributed by atoms with E-state index in [1.807, 2.05) is 6.20 Å². The van der Waals surface area contributed by atoms with E-state index in [-0.39, 0.29) is 0 Å². The number of unbranched alkanes of at least 4 members (excludes halogenated alkanes) is 1. The summed E-state index contributed by atoms with van der Waals surface area (Å²) in [5.74, 6) is 1.70. The SMILES string of the molecule is CCCCn1ccnc1NCC(C)CN1CCCC1. The van der Waals surface area contributed by atoms with E-state index in [1.54, 1.807) is 0 Å². The number of aromatic nitrogens is 2. The van der Waals surface area contributed by atoms with Gasteiger partial charge in [-0.2, -0.15) is 0 Å². The molecule has 0 amide bonds. The van der Waals surface area contributed by atoms with E-state index in [1.165, 1.54) is 45.3 Å². The zero-order valence-electron chi connectivity index (χ0n) is 12.4. The van der Waals surface area contributed by atoms with Crippen LogP contribution in [0, 0.1) is 5.92 Å². The second-order valence-corrected chi connectivity index (χ2v) is 5.79. The van der Waals surface area contributed by atoms with Crippen molar-refractivity contribution in [3.05, 3.63) is 12.4 Å². The molecule has 2 rings (SSSR count). The van der Waals surface area contributed by atoms with Crippen molar-refractivity contribution in [2.24, 2.45) is 5.92 Å². The average molecular weight is 264 g/mol. The summed E-state index contributed by atoms with van der Waals surface area (Å²) in [6, 6.07) is 0. The van der Waals surface area contributed by atoms with Gasteiger partial charge in [0.05, 0.1) is 0 Å². The number of nitrogens with one attached hydrogen (secondary N) is 1. The van der Waals surface area contributed by atoms with Gasteiger partial charge in [0.25, 0.3) is 0 Å². The number of hydrogen-bond donors (Lipinski definition) is 1. The first-order valence-corrected chi connectivity index (χ1v) is 7.77. The highest BCUT2D eigenvalue weighted by Crippen LogP contribution is 2.12. The Morgan fingerprint density at radius 3 is 2.89 bits per heavy atom. The van der Waals surface area contributed by atoms with Gasteiger partial charge in [0.15, 0.2) is 0 Å². The molecule has 1 aliphatic heterocycles. The Balaban J connectivity index is 1.73. The summed E-state index contributed by atoms with van der Waals surface area (Å²) in [6.45, 7) is 10.4. The first kappa shape index (κ1) is 14.4. The molecule has 1 aliphatic rings. The largest absolute Gasteiger partial charge is 0.355 e. The maximum atomic E-state index is 4.41. The van der Waals surface area contributed by atoms with Crippen LogP contribution in [0.1, 0.15) is 39.5 Å². The summed E-state index contributed by atoms with van der Waals surface area (Å²) < 4.78 is 2.23.